The summed E-state index contributed by atoms with van der Waals surface area (Å²) in [5.41, 5.74) is 17.2. The van der Waals surface area contributed by atoms with Gasteiger partial charge in [0, 0.05) is 39.5 Å². The van der Waals surface area contributed by atoms with E-state index in [0.29, 0.717) is 17.8 Å². The molecule has 6 aromatic rings. The van der Waals surface area contributed by atoms with Gasteiger partial charge < -0.3 is 14.9 Å². The number of aliphatic hydroxyl groups is 1. The molecule has 1 N–H and O–H groups in total. The van der Waals surface area contributed by atoms with Crippen molar-refractivity contribution in [1.29, 1.82) is 0 Å². The van der Waals surface area contributed by atoms with E-state index in [0.717, 1.165) is 55.5 Å². The fraction of sp³-hybridized carbons (Fsp3) is 0.526. The molecule has 7 rings (SSSR count). The fourth-order valence-corrected chi connectivity index (χ4v) is 14.0. The highest BCUT2D eigenvalue weighted by Gasteiger charge is 2.43. The van der Waals surface area contributed by atoms with E-state index < -0.39 is 5.60 Å². The Morgan fingerprint density at radius 1 is 0.392 bits per heavy atom. The third kappa shape index (κ3) is 14.1. The minimum Gasteiger partial charge on any atom is -0.385 e. The number of anilines is 6. The predicted molar refractivity (Wildman–Crippen MR) is 346 cm³/mol. The van der Waals surface area contributed by atoms with Crippen LogP contribution in [0.25, 0.3) is 11.1 Å². The summed E-state index contributed by atoms with van der Waals surface area (Å²) in [6, 6.07) is 52.6. The van der Waals surface area contributed by atoms with Crippen molar-refractivity contribution < 1.29 is 5.11 Å². The summed E-state index contributed by atoms with van der Waals surface area (Å²) >= 11 is 0. The summed E-state index contributed by atoms with van der Waals surface area (Å²) in [5.74, 6) is 1.65. The Kier molecular flexibility index (Phi) is 22.6. The molecule has 3 heteroatoms. The van der Waals surface area contributed by atoms with Crippen molar-refractivity contribution in [2.45, 2.75) is 253 Å². The van der Waals surface area contributed by atoms with E-state index in [4.69, 9.17) is 0 Å². The average molecular weight is 1060 g/mol. The zero-order chi connectivity index (χ0) is 56.6. The van der Waals surface area contributed by atoms with Gasteiger partial charge in [0.15, 0.2) is 0 Å². The van der Waals surface area contributed by atoms with Crippen LogP contribution >= 0.6 is 0 Å². The van der Waals surface area contributed by atoms with Gasteiger partial charge in [-0.1, -0.05) is 240 Å². The van der Waals surface area contributed by atoms with Crippen LogP contribution in [0, 0.1) is 5.92 Å². The first-order chi connectivity index (χ1) is 38.3. The van der Waals surface area contributed by atoms with Crippen LogP contribution in [0.15, 0.2) is 133 Å². The molecule has 1 aliphatic carbocycles. The van der Waals surface area contributed by atoms with Gasteiger partial charge in [-0.2, -0.15) is 0 Å². The van der Waals surface area contributed by atoms with Gasteiger partial charge in [-0.3, -0.25) is 0 Å². The second-order valence-electron chi connectivity index (χ2n) is 24.8. The van der Waals surface area contributed by atoms with E-state index >= 15 is 0 Å². The van der Waals surface area contributed by atoms with E-state index in [2.05, 4.69) is 219 Å². The largest absolute Gasteiger partial charge is 0.385 e. The molecule has 0 fully saturated rings. The molecule has 0 spiro atoms. The number of benzene rings is 6. The molecule has 4 unspecified atom stereocenters. The highest BCUT2D eigenvalue weighted by Crippen LogP contribution is 2.57. The maximum atomic E-state index is 11.6. The summed E-state index contributed by atoms with van der Waals surface area (Å²) in [6.45, 7) is 27.7. The molecule has 0 heterocycles. The van der Waals surface area contributed by atoms with E-state index in [9.17, 15) is 5.11 Å². The van der Waals surface area contributed by atoms with Crippen LogP contribution in [0.2, 0.25) is 0 Å². The lowest BCUT2D eigenvalue weighted by molar-refractivity contribution is 0.0470. The maximum absolute atomic E-state index is 11.6. The molecule has 79 heavy (non-hydrogen) atoms. The minimum atomic E-state index is -0.875. The molecule has 0 amide bonds. The molecule has 4 atom stereocenters. The van der Waals surface area contributed by atoms with E-state index in [1.54, 1.807) is 0 Å². The summed E-state index contributed by atoms with van der Waals surface area (Å²) in [6.07, 6.45) is 26.3. The quantitative estimate of drug-likeness (QED) is 0.0416. The summed E-state index contributed by atoms with van der Waals surface area (Å²) in [7, 11) is 0. The zero-order valence-corrected chi connectivity index (χ0v) is 51.8. The van der Waals surface area contributed by atoms with Crippen molar-refractivity contribution in [2.24, 2.45) is 5.92 Å². The normalized spacial score (nSPS) is 15.1. The van der Waals surface area contributed by atoms with Gasteiger partial charge in [-0.25, -0.2) is 0 Å². The molecular formula is C76H106N2O. The molecule has 0 aliphatic heterocycles. The molecular weight excluding hydrogens is 957 g/mol. The predicted octanol–water partition coefficient (Wildman–Crippen LogP) is 23.9. The Bertz CT molecular complexity index is 2730. The number of fused-ring (bicyclic) bond motifs is 3. The van der Waals surface area contributed by atoms with Crippen LogP contribution in [-0.2, 0) is 16.4 Å². The van der Waals surface area contributed by atoms with Gasteiger partial charge in [0.05, 0.1) is 5.60 Å². The SMILES string of the molecule is CCCCCCCCC1(CCCCCCCC)c2cc(N(c3ccc(C(C)CC)cc3)c3ccc(C(C)(O)CCC)cc3)ccc2-c2ccc(N(c3ccc(C(C)CC)cc3)c3ccc(C(C)(CCC)C(CC)CC)cc3)cc21. The van der Waals surface area contributed by atoms with Gasteiger partial charge in [0.1, 0.15) is 0 Å². The summed E-state index contributed by atoms with van der Waals surface area (Å²) in [4.78, 5) is 5.05. The monoisotopic (exact) mass is 1060 g/mol. The number of unbranched alkanes of at least 4 members (excludes halogenated alkanes) is 10. The van der Waals surface area contributed by atoms with Crippen LogP contribution in [0.4, 0.5) is 34.1 Å². The minimum absolute atomic E-state index is 0.135. The molecule has 0 bridgehead atoms. The van der Waals surface area contributed by atoms with Gasteiger partial charge in [-0.15, -0.1) is 0 Å². The Balaban J connectivity index is 1.43. The smallest absolute Gasteiger partial charge is 0.0868 e. The Hall–Kier alpha value is -5.12. The average Bonchev–Trinajstić information content (AvgIpc) is 3.73. The maximum Gasteiger partial charge on any atom is 0.0868 e. The third-order valence-electron chi connectivity index (χ3n) is 19.3. The first kappa shape index (κ1) is 61.5. The van der Waals surface area contributed by atoms with Gasteiger partial charge in [0.2, 0.25) is 0 Å². The van der Waals surface area contributed by atoms with Crippen LogP contribution in [0.1, 0.15) is 270 Å². The topological polar surface area (TPSA) is 26.7 Å². The molecule has 0 aromatic heterocycles. The molecule has 3 nitrogen and oxygen atoms in total. The number of rotatable bonds is 33. The molecule has 0 saturated heterocycles. The van der Waals surface area contributed by atoms with Gasteiger partial charge in [-0.05, 0) is 186 Å². The highest BCUT2D eigenvalue weighted by atomic mass is 16.3. The first-order valence-corrected chi connectivity index (χ1v) is 32.3. The number of hydrogen-bond donors (Lipinski definition) is 1. The van der Waals surface area contributed by atoms with E-state index in [1.807, 2.05) is 6.92 Å². The van der Waals surface area contributed by atoms with Crippen molar-refractivity contribution in [3.63, 3.8) is 0 Å². The van der Waals surface area contributed by atoms with E-state index in [-0.39, 0.29) is 10.8 Å². The standard InChI is InChI=1S/C76H106N2O/c1-13-21-23-25-27-29-53-76(54-30-28-26-24-22-14-2)72-55-68(77(64-39-31-59(32-40-64)57(9)17-5)66-43-35-62(36-44-66)74(11,51-15-3)61(19-7)20-8)47-49-70(72)71-50-48-69(56-73(71)76)78(65-41-33-60(34-42-65)58(10)18-6)67-45-37-63(38-46-67)75(12,79)52-16-4/h31-50,55-58,61,79H,13-30,51-54H2,1-12H3. The van der Waals surface area contributed by atoms with Crippen molar-refractivity contribution >= 4 is 34.1 Å². The third-order valence-corrected chi connectivity index (χ3v) is 19.3. The molecule has 0 saturated carbocycles. The van der Waals surface area contributed by atoms with Crippen molar-refractivity contribution in [1.82, 2.24) is 0 Å². The fourth-order valence-electron chi connectivity index (χ4n) is 14.0. The number of hydrogen-bond acceptors (Lipinski definition) is 3. The Morgan fingerprint density at radius 3 is 1.11 bits per heavy atom. The van der Waals surface area contributed by atoms with Crippen LogP contribution < -0.4 is 9.80 Å². The molecule has 0 radical (unpaired) electrons. The van der Waals surface area contributed by atoms with Crippen molar-refractivity contribution in [3.05, 3.63) is 167 Å². The summed E-state index contributed by atoms with van der Waals surface area (Å²) in [5, 5.41) is 11.6. The van der Waals surface area contributed by atoms with Crippen molar-refractivity contribution in [3.8, 4) is 11.1 Å². The van der Waals surface area contributed by atoms with Crippen LogP contribution in [-0.4, -0.2) is 5.11 Å². The Labute approximate surface area is 483 Å². The number of nitrogens with zero attached hydrogens (tertiary/aromatic N) is 2. The van der Waals surface area contributed by atoms with Crippen molar-refractivity contribution in [2.75, 3.05) is 9.80 Å². The highest BCUT2D eigenvalue weighted by molar-refractivity contribution is 5.88. The lowest BCUT2D eigenvalue weighted by atomic mass is 9.67. The Morgan fingerprint density at radius 2 is 0.747 bits per heavy atom. The van der Waals surface area contributed by atoms with Crippen LogP contribution in [0.5, 0.6) is 0 Å². The van der Waals surface area contributed by atoms with Gasteiger partial charge >= 0.3 is 0 Å². The van der Waals surface area contributed by atoms with E-state index in [1.165, 1.54) is 164 Å². The molecule has 426 valence electrons. The first-order valence-electron chi connectivity index (χ1n) is 32.3. The van der Waals surface area contributed by atoms with Gasteiger partial charge in [0.25, 0.3) is 0 Å². The zero-order valence-electron chi connectivity index (χ0n) is 51.8. The second kappa shape index (κ2) is 29.0. The lowest BCUT2D eigenvalue weighted by Crippen LogP contribution is -2.31. The van der Waals surface area contributed by atoms with Crippen LogP contribution in [0.3, 0.4) is 0 Å². The second-order valence-corrected chi connectivity index (χ2v) is 24.8. The lowest BCUT2D eigenvalue weighted by Gasteiger charge is -2.38. The summed E-state index contributed by atoms with van der Waals surface area (Å²) < 4.78 is 0. The molecule has 1 aliphatic rings. The molecule has 6 aromatic carbocycles.